The first-order chi connectivity index (χ1) is 12.3. The van der Waals surface area contributed by atoms with Gasteiger partial charge in [0.1, 0.15) is 0 Å². The van der Waals surface area contributed by atoms with Gasteiger partial charge >= 0.3 is 0 Å². The third kappa shape index (κ3) is 4.40. The van der Waals surface area contributed by atoms with E-state index in [1.165, 1.54) is 31.5 Å². The summed E-state index contributed by atoms with van der Waals surface area (Å²) in [6.07, 6.45) is 3.98. The molecular weight excluding hydrogens is 314 g/mol. The number of nitrogens with zero attached hydrogens (tertiary/aromatic N) is 3. The molecule has 138 valence electrons. The minimum Gasteiger partial charge on any atom is -0.381 e. The zero-order valence-electron chi connectivity index (χ0n) is 15.4. The van der Waals surface area contributed by atoms with E-state index in [2.05, 4.69) is 39.9 Å². The van der Waals surface area contributed by atoms with Crippen LogP contribution < -0.4 is 0 Å². The quantitative estimate of drug-likeness (QED) is 0.839. The molecular formula is C20H31N3O2. The number of aryl methyl sites for hydroxylation is 1. The smallest absolute Gasteiger partial charge is 0.0743 e. The van der Waals surface area contributed by atoms with Gasteiger partial charge < -0.3 is 9.47 Å². The predicted octanol–water partition coefficient (Wildman–Crippen LogP) is 2.09. The Morgan fingerprint density at radius 2 is 1.96 bits per heavy atom. The van der Waals surface area contributed by atoms with Crippen molar-refractivity contribution in [2.75, 3.05) is 46.0 Å². The number of pyridine rings is 1. The Hall–Kier alpha value is -1.01. The summed E-state index contributed by atoms with van der Waals surface area (Å²) in [6, 6.07) is 7.01. The molecule has 25 heavy (non-hydrogen) atoms. The maximum absolute atomic E-state index is 6.28. The summed E-state index contributed by atoms with van der Waals surface area (Å²) >= 11 is 0. The molecule has 3 aliphatic rings. The van der Waals surface area contributed by atoms with Crippen LogP contribution in [0.25, 0.3) is 0 Å². The van der Waals surface area contributed by atoms with Gasteiger partial charge in [-0.3, -0.25) is 14.8 Å². The molecule has 0 spiro atoms. The highest BCUT2D eigenvalue weighted by Crippen LogP contribution is 2.27. The molecule has 1 aromatic rings. The first kappa shape index (κ1) is 17.4. The standard InChI is InChI=1S/C20H31N3O2/c1-16-3-2-4-18(21-16)14-22-8-5-17-13-23(9-12-25-20(17)15-22)19-6-10-24-11-7-19/h2-4,17,19-20H,5-15H2,1H3/t17-,20-/m1/s1. The van der Waals surface area contributed by atoms with E-state index >= 15 is 0 Å². The van der Waals surface area contributed by atoms with Crippen LogP contribution in [0.4, 0.5) is 0 Å². The Bertz CT molecular complexity index is 562. The first-order valence-corrected chi connectivity index (χ1v) is 9.86. The number of hydrogen-bond acceptors (Lipinski definition) is 5. The van der Waals surface area contributed by atoms with Gasteiger partial charge in [-0.05, 0) is 44.9 Å². The average molecular weight is 345 g/mol. The van der Waals surface area contributed by atoms with Crippen molar-refractivity contribution in [3.05, 3.63) is 29.6 Å². The Morgan fingerprint density at radius 3 is 2.80 bits per heavy atom. The summed E-state index contributed by atoms with van der Waals surface area (Å²) in [5.41, 5.74) is 2.28. The van der Waals surface area contributed by atoms with Crippen LogP contribution in [0.3, 0.4) is 0 Å². The first-order valence-electron chi connectivity index (χ1n) is 9.86. The van der Waals surface area contributed by atoms with Gasteiger partial charge in [-0.25, -0.2) is 0 Å². The minimum atomic E-state index is 0.378. The molecule has 4 heterocycles. The largest absolute Gasteiger partial charge is 0.381 e. The molecule has 0 saturated carbocycles. The third-order valence-corrected chi connectivity index (χ3v) is 6.00. The van der Waals surface area contributed by atoms with Gasteiger partial charge in [0.2, 0.25) is 0 Å². The van der Waals surface area contributed by atoms with E-state index in [1.54, 1.807) is 0 Å². The molecule has 3 aliphatic heterocycles. The van der Waals surface area contributed by atoms with Crippen LogP contribution in [-0.4, -0.2) is 72.9 Å². The second kappa shape index (κ2) is 8.12. The highest BCUT2D eigenvalue weighted by Gasteiger charge is 2.35. The van der Waals surface area contributed by atoms with E-state index in [4.69, 9.17) is 9.47 Å². The molecule has 4 rings (SSSR count). The van der Waals surface area contributed by atoms with E-state index in [-0.39, 0.29) is 0 Å². The lowest BCUT2D eigenvalue weighted by Crippen LogP contribution is -2.48. The summed E-state index contributed by atoms with van der Waals surface area (Å²) in [5.74, 6) is 0.673. The molecule has 3 fully saturated rings. The molecule has 0 aromatic carbocycles. The topological polar surface area (TPSA) is 37.8 Å². The third-order valence-electron chi connectivity index (χ3n) is 6.00. The molecule has 1 aromatic heterocycles. The molecule has 3 saturated heterocycles. The number of fused-ring (bicyclic) bond motifs is 1. The SMILES string of the molecule is Cc1cccc(CN2CC[C@@H]3CN(C4CCOCC4)CCO[C@@H]3C2)n1. The molecule has 0 bridgehead atoms. The summed E-state index contributed by atoms with van der Waals surface area (Å²) in [7, 11) is 0. The van der Waals surface area contributed by atoms with E-state index in [0.29, 0.717) is 18.1 Å². The van der Waals surface area contributed by atoms with Crippen LogP contribution in [0.5, 0.6) is 0 Å². The number of likely N-dealkylation sites (tertiary alicyclic amines) is 1. The van der Waals surface area contributed by atoms with Crippen molar-refractivity contribution >= 4 is 0 Å². The van der Waals surface area contributed by atoms with Crippen molar-refractivity contribution in [3.63, 3.8) is 0 Å². The fourth-order valence-electron chi connectivity index (χ4n) is 4.58. The number of piperidine rings is 1. The zero-order chi connectivity index (χ0) is 17.1. The second-order valence-corrected chi connectivity index (χ2v) is 7.80. The van der Waals surface area contributed by atoms with Gasteiger partial charge in [-0.1, -0.05) is 6.07 Å². The second-order valence-electron chi connectivity index (χ2n) is 7.80. The minimum absolute atomic E-state index is 0.378. The summed E-state index contributed by atoms with van der Waals surface area (Å²) in [5, 5.41) is 0. The maximum Gasteiger partial charge on any atom is 0.0743 e. The van der Waals surface area contributed by atoms with Gasteiger partial charge in [0, 0.05) is 57.0 Å². The zero-order valence-corrected chi connectivity index (χ0v) is 15.4. The molecule has 0 N–H and O–H groups in total. The fourth-order valence-corrected chi connectivity index (χ4v) is 4.58. The van der Waals surface area contributed by atoms with Crippen LogP contribution in [0.2, 0.25) is 0 Å². The maximum atomic E-state index is 6.28. The highest BCUT2D eigenvalue weighted by molar-refractivity contribution is 5.10. The van der Waals surface area contributed by atoms with Gasteiger partial charge in [0.25, 0.3) is 0 Å². The molecule has 5 nitrogen and oxygen atoms in total. The van der Waals surface area contributed by atoms with Crippen molar-refractivity contribution < 1.29 is 9.47 Å². The number of aromatic nitrogens is 1. The highest BCUT2D eigenvalue weighted by atomic mass is 16.5. The van der Waals surface area contributed by atoms with E-state index in [1.807, 2.05) is 0 Å². The lowest BCUT2D eigenvalue weighted by Gasteiger charge is -2.39. The van der Waals surface area contributed by atoms with E-state index in [9.17, 15) is 0 Å². The van der Waals surface area contributed by atoms with Crippen molar-refractivity contribution in [3.8, 4) is 0 Å². The molecule has 0 radical (unpaired) electrons. The summed E-state index contributed by atoms with van der Waals surface area (Å²) in [4.78, 5) is 9.87. The molecule has 2 atom stereocenters. The molecule has 0 unspecified atom stereocenters. The monoisotopic (exact) mass is 345 g/mol. The van der Waals surface area contributed by atoms with Crippen LogP contribution in [0.15, 0.2) is 18.2 Å². The normalized spacial score (nSPS) is 30.0. The Balaban J connectivity index is 1.34. The number of rotatable bonds is 3. The van der Waals surface area contributed by atoms with Crippen molar-refractivity contribution in [1.82, 2.24) is 14.8 Å². The average Bonchev–Trinajstić information content (AvgIpc) is 2.84. The number of ether oxygens (including phenoxy) is 2. The molecule has 5 heteroatoms. The van der Waals surface area contributed by atoms with Gasteiger partial charge in [-0.15, -0.1) is 0 Å². The van der Waals surface area contributed by atoms with Gasteiger partial charge in [0.15, 0.2) is 0 Å². The fraction of sp³-hybridized carbons (Fsp3) is 0.750. The summed E-state index contributed by atoms with van der Waals surface area (Å²) < 4.78 is 11.8. The summed E-state index contributed by atoms with van der Waals surface area (Å²) in [6.45, 7) is 10.2. The van der Waals surface area contributed by atoms with Crippen molar-refractivity contribution in [2.24, 2.45) is 5.92 Å². The Morgan fingerprint density at radius 1 is 1.08 bits per heavy atom. The Labute approximate surface area is 151 Å². The lowest BCUT2D eigenvalue weighted by atomic mass is 9.92. The Kier molecular flexibility index (Phi) is 5.66. The van der Waals surface area contributed by atoms with E-state index < -0.39 is 0 Å². The van der Waals surface area contributed by atoms with Crippen LogP contribution in [0.1, 0.15) is 30.7 Å². The van der Waals surface area contributed by atoms with Crippen molar-refractivity contribution in [1.29, 1.82) is 0 Å². The predicted molar refractivity (Wildman–Crippen MR) is 97.5 cm³/mol. The van der Waals surface area contributed by atoms with Crippen LogP contribution >= 0.6 is 0 Å². The van der Waals surface area contributed by atoms with Crippen molar-refractivity contribution in [2.45, 2.75) is 44.9 Å². The van der Waals surface area contributed by atoms with Gasteiger partial charge in [-0.2, -0.15) is 0 Å². The van der Waals surface area contributed by atoms with E-state index in [0.717, 1.165) is 51.7 Å². The lowest BCUT2D eigenvalue weighted by molar-refractivity contribution is -0.0248. The number of hydrogen-bond donors (Lipinski definition) is 0. The molecule has 0 amide bonds. The molecule has 0 aliphatic carbocycles. The van der Waals surface area contributed by atoms with Gasteiger partial charge in [0.05, 0.1) is 18.4 Å². The van der Waals surface area contributed by atoms with Crippen LogP contribution in [0, 0.1) is 12.8 Å². The van der Waals surface area contributed by atoms with Crippen LogP contribution in [-0.2, 0) is 16.0 Å².